The van der Waals surface area contributed by atoms with Gasteiger partial charge < -0.3 is 5.11 Å². The van der Waals surface area contributed by atoms with Crippen LogP contribution in [0.3, 0.4) is 0 Å². The Bertz CT molecular complexity index is 592. The van der Waals surface area contributed by atoms with E-state index in [-0.39, 0.29) is 5.92 Å². The van der Waals surface area contributed by atoms with Crippen molar-refractivity contribution in [1.29, 1.82) is 0 Å². The van der Waals surface area contributed by atoms with Crippen molar-refractivity contribution < 1.29 is 9.90 Å². The number of hydrogen-bond donors (Lipinski definition) is 1. The van der Waals surface area contributed by atoms with E-state index < -0.39 is 5.97 Å². The zero-order chi connectivity index (χ0) is 13.2. The lowest BCUT2D eigenvalue weighted by Gasteiger charge is -2.21. The van der Waals surface area contributed by atoms with Crippen LogP contribution in [0, 0.1) is 5.92 Å². The molecule has 0 bridgehead atoms. The summed E-state index contributed by atoms with van der Waals surface area (Å²) in [7, 11) is 0. The maximum absolute atomic E-state index is 11.7. The molecule has 1 saturated carbocycles. The summed E-state index contributed by atoms with van der Waals surface area (Å²) in [5.41, 5.74) is 0.984. The van der Waals surface area contributed by atoms with Crippen LogP contribution in [0.5, 0.6) is 0 Å². The number of rotatable bonds is 3. The number of carbonyl (C=O) groups is 1. The summed E-state index contributed by atoms with van der Waals surface area (Å²) in [5, 5.41) is 11.9. The van der Waals surface area contributed by atoms with Gasteiger partial charge in [-0.15, -0.1) is 0 Å². The van der Waals surface area contributed by atoms with Crippen molar-refractivity contribution in [3.8, 4) is 0 Å². The average Bonchev–Trinajstić information content (AvgIpc) is 2.93. The van der Waals surface area contributed by atoms with Gasteiger partial charge in [-0.1, -0.05) is 55.3 Å². The van der Waals surface area contributed by atoms with Gasteiger partial charge in [0.15, 0.2) is 0 Å². The molecule has 1 fully saturated rings. The number of hydrogen-bond acceptors (Lipinski definition) is 1. The molecule has 1 unspecified atom stereocenters. The predicted molar refractivity (Wildman–Crippen MR) is 76.3 cm³/mol. The van der Waals surface area contributed by atoms with Gasteiger partial charge in [-0.3, -0.25) is 4.79 Å². The summed E-state index contributed by atoms with van der Waals surface area (Å²) < 4.78 is 0. The predicted octanol–water partition coefficient (Wildman–Crippen LogP) is 4.20. The van der Waals surface area contributed by atoms with Gasteiger partial charge in [0.05, 0.1) is 5.92 Å². The number of carboxylic acids is 1. The maximum Gasteiger partial charge on any atom is 0.311 e. The SMILES string of the molecule is O=C(O)C(c1cccc2ccccc12)C1CCCC1. The van der Waals surface area contributed by atoms with E-state index >= 15 is 0 Å². The molecule has 98 valence electrons. The molecule has 2 aromatic carbocycles. The third-order valence-corrected chi connectivity index (χ3v) is 4.30. The minimum Gasteiger partial charge on any atom is -0.481 e. The Balaban J connectivity index is 2.12. The standard InChI is InChI=1S/C17H18O2/c18-17(19)16(13-7-1-2-8-13)15-11-5-9-12-6-3-4-10-14(12)15/h3-6,9-11,13,16H,1-2,7-8H2,(H,18,19). The molecule has 0 spiro atoms. The molecule has 3 rings (SSSR count). The van der Waals surface area contributed by atoms with Gasteiger partial charge >= 0.3 is 5.97 Å². The molecule has 19 heavy (non-hydrogen) atoms. The van der Waals surface area contributed by atoms with Gasteiger partial charge in [0.1, 0.15) is 0 Å². The highest BCUT2D eigenvalue weighted by atomic mass is 16.4. The molecule has 1 aliphatic carbocycles. The van der Waals surface area contributed by atoms with E-state index in [4.69, 9.17) is 0 Å². The molecule has 0 aliphatic heterocycles. The zero-order valence-electron chi connectivity index (χ0n) is 10.9. The minimum absolute atomic E-state index is 0.295. The first-order valence-electron chi connectivity index (χ1n) is 6.98. The third-order valence-electron chi connectivity index (χ3n) is 4.30. The largest absolute Gasteiger partial charge is 0.481 e. The first-order valence-corrected chi connectivity index (χ1v) is 6.98. The molecular weight excluding hydrogens is 236 g/mol. The Morgan fingerprint density at radius 1 is 1.05 bits per heavy atom. The zero-order valence-corrected chi connectivity index (χ0v) is 10.9. The fraction of sp³-hybridized carbons (Fsp3) is 0.353. The summed E-state index contributed by atoms with van der Waals surface area (Å²) in [6.07, 6.45) is 4.42. The van der Waals surface area contributed by atoms with Crippen molar-refractivity contribution in [3.63, 3.8) is 0 Å². The van der Waals surface area contributed by atoms with Gasteiger partial charge in [-0.2, -0.15) is 0 Å². The summed E-state index contributed by atoms with van der Waals surface area (Å²) >= 11 is 0. The fourth-order valence-electron chi connectivity index (χ4n) is 3.40. The van der Waals surface area contributed by atoms with Crippen LogP contribution in [0.2, 0.25) is 0 Å². The van der Waals surface area contributed by atoms with E-state index in [0.717, 1.165) is 29.2 Å². The number of aliphatic carboxylic acids is 1. The number of fused-ring (bicyclic) bond motifs is 1. The molecule has 0 heterocycles. The Morgan fingerprint density at radius 3 is 2.47 bits per heavy atom. The number of benzene rings is 2. The van der Waals surface area contributed by atoms with Crippen molar-refractivity contribution in [2.45, 2.75) is 31.6 Å². The van der Waals surface area contributed by atoms with Crippen molar-refractivity contribution in [2.75, 3.05) is 0 Å². The third kappa shape index (κ3) is 2.23. The lowest BCUT2D eigenvalue weighted by Crippen LogP contribution is -2.19. The van der Waals surface area contributed by atoms with Crippen LogP contribution in [0.25, 0.3) is 10.8 Å². The van der Waals surface area contributed by atoms with Crippen molar-refractivity contribution in [3.05, 3.63) is 48.0 Å². The van der Waals surface area contributed by atoms with Crippen LogP contribution in [0.1, 0.15) is 37.2 Å². The topological polar surface area (TPSA) is 37.3 Å². The van der Waals surface area contributed by atoms with Crippen LogP contribution >= 0.6 is 0 Å². The van der Waals surface area contributed by atoms with E-state index in [1.54, 1.807) is 0 Å². The molecule has 0 radical (unpaired) electrons. The molecule has 2 heteroatoms. The van der Waals surface area contributed by atoms with Crippen molar-refractivity contribution in [1.82, 2.24) is 0 Å². The van der Waals surface area contributed by atoms with E-state index in [9.17, 15) is 9.90 Å². The molecule has 1 aliphatic rings. The van der Waals surface area contributed by atoms with Gasteiger partial charge in [0.2, 0.25) is 0 Å². The van der Waals surface area contributed by atoms with Gasteiger partial charge in [-0.05, 0) is 35.1 Å². The van der Waals surface area contributed by atoms with Crippen LogP contribution in [0.4, 0.5) is 0 Å². The molecular formula is C17H18O2. The molecule has 0 saturated heterocycles. The van der Waals surface area contributed by atoms with Crippen LogP contribution in [-0.2, 0) is 4.79 Å². The quantitative estimate of drug-likeness (QED) is 0.891. The number of carboxylic acid groups (broad SMARTS) is 1. The van der Waals surface area contributed by atoms with Crippen molar-refractivity contribution >= 4 is 16.7 Å². The normalized spacial score (nSPS) is 17.7. The summed E-state index contributed by atoms with van der Waals surface area (Å²) in [4.78, 5) is 11.7. The van der Waals surface area contributed by atoms with Crippen LogP contribution < -0.4 is 0 Å². The molecule has 2 aromatic rings. The molecule has 2 nitrogen and oxygen atoms in total. The summed E-state index contributed by atoms with van der Waals surface area (Å²) in [6.45, 7) is 0. The van der Waals surface area contributed by atoms with E-state index in [1.807, 2.05) is 42.5 Å². The highest BCUT2D eigenvalue weighted by molar-refractivity contribution is 5.90. The Hall–Kier alpha value is -1.83. The van der Waals surface area contributed by atoms with E-state index in [0.29, 0.717) is 5.92 Å². The maximum atomic E-state index is 11.7. The summed E-state index contributed by atoms with van der Waals surface area (Å²) in [5.74, 6) is -0.736. The Kier molecular flexibility index (Phi) is 3.24. The van der Waals surface area contributed by atoms with E-state index in [2.05, 4.69) is 0 Å². The van der Waals surface area contributed by atoms with E-state index in [1.165, 1.54) is 12.8 Å². The van der Waals surface area contributed by atoms with Crippen LogP contribution in [0.15, 0.2) is 42.5 Å². The second kappa shape index (κ2) is 5.04. The lowest BCUT2D eigenvalue weighted by molar-refractivity contribution is -0.140. The molecule has 0 aromatic heterocycles. The average molecular weight is 254 g/mol. The van der Waals surface area contributed by atoms with Crippen molar-refractivity contribution in [2.24, 2.45) is 5.92 Å². The lowest BCUT2D eigenvalue weighted by atomic mass is 9.82. The second-order valence-electron chi connectivity index (χ2n) is 5.43. The Morgan fingerprint density at radius 2 is 1.74 bits per heavy atom. The van der Waals surface area contributed by atoms with Gasteiger partial charge in [0, 0.05) is 0 Å². The second-order valence-corrected chi connectivity index (χ2v) is 5.43. The minimum atomic E-state index is -0.678. The first kappa shape index (κ1) is 12.2. The summed E-state index contributed by atoms with van der Waals surface area (Å²) in [6, 6.07) is 14.1. The molecule has 1 N–H and O–H groups in total. The van der Waals surface area contributed by atoms with Gasteiger partial charge in [0.25, 0.3) is 0 Å². The molecule has 0 amide bonds. The smallest absolute Gasteiger partial charge is 0.311 e. The molecule has 1 atom stereocenters. The van der Waals surface area contributed by atoms with Gasteiger partial charge in [-0.25, -0.2) is 0 Å². The highest BCUT2D eigenvalue weighted by Crippen LogP contribution is 2.39. The monoisotopic (exact) mass is 254 g/mol. The first-order chi connectivity index (χ1) is 9.27. The fourth-order valence-corrected chi connectivity index (χ4v) is 3.40. The highest BCUT2D eigenvalue weighted by Gasteiger charge is 2.32. The Labute approximate surface area is 113 Å². The van der Waals surface area contributed by atoms with Crippen LogP contribution in [-0.4, -0.2) is 11.1 Å².